The molecule has 2 aliphatic rings. The first-order valence-electron chi connectivity index (χ1n) is 8.66. The number of anilines is 1. The molecule has 2 fully saturated rings. The van der Waals surface area contributed by atoms with Gasteiger partial charge in [0.25, 0.3) is 0 Å². The van der Waals surface area contributed by atoms with E-state index in [1.807, 2.05) is 24.3 Å². The van der Waals surface area contributed by atoms with Crippen LogP contribution in [0.4, 0.5) is 5.82 Å². The number of nitrogens with zero attached hydrogens (tertiary/aromatic N) is 4. The van der Waals surface area contributed by atoms with Crippen LogP contribution in [0, 0.1) is 6.92 Å². The Kier molecular flexibility index (Phi) is 4.52. The average Bonchev–Trinajstić information content (AvgIpc) is 3.09. The summed E-state index contributed by atoms with van der Waals surface area (Å²) in [5.41, 5.74) is 0.891. The molecule has 0 amide bonds. The standard InChI is InChI=1S/C18H24N4OS/c1-15-5-6-17(20-19-15)22-8-3-7-18(14-22)13-21(9-10-23-18)12-16-4-2-11-24-16/h2,4-6,11H,3,7-10,12-14H2,1H3/t18-/m0/s1. The molecule has 0 aliphatic carbocycles. The van der Waals surface area contributed by atoms with E-state index < -0.39 is 0 Å². The molecule has 2 aromatic heterocycles. The van der Waals surface area contributed by atoms with Crippen molar-refractivity contribution >= 4 is 17.2 Å². The van der Waals surface area contributed by atoms with E-state index in [0.717, 1.165) is 63.7 Å². The lowest BCUT2D eigenvalue weighted by Gasteiger charge is -2.48. The van der Waals surface area contributed by atoms with Crippen LogP contribution in [-0.2, 0) is 11.3 Å². The van der Waals surface area contributed by atoms with Gasteiger partial charge in [-0.05, 0) is 43.3 Å². The van der Waals surface area contributed by atoms with Crippen LogP contribution in [0.15, 0.2) is 29.6 Å². The van der Waals surface area contributed by atoms with Crippen LogP contribution in [0.3, 0.4) is 0 Å². The number of aromatic nitrogens is 2. The van der Waals surface area contributed by atoms with E-state index >= 15 is 0 Å². The lowest BCUT2D eigenvalue weighted by molar-refractivity contribution is -0.116. The minimum absolute atomic E-state index is 0.0691. The second-order valence-corrected chi connectivity index (χ2v) is 7.91. The molecule has 0 saturated carbocycles. The smallest absolute Gasteiger partial charge is 0.151 e. The quantitative estimate of drug-likeness (QED) is 0.856. The van der Waals surface area contributed by atoms with Crippen LogP contribution in [0.2, 0.25) is 0 Å². The van der Waals surface area contributed by atoms with Crippen molar-refractivity contribution in [3.63, 3.8) is 0 Å². The van der Waals surface area contributed by atoms with Gasteiger partial charge >= 0.3 is 0 Å². The van der Waals surface area contributed by atoms with E-state index in [-0.39, 0.29) is 5.60 Å². The second-order valence-electron chi connectivity index (χ2n) is 6.88. The molecule has 0 unspecified atom stereocenters. The summed E-state index contributed by atoms with van der Waals surface area (Å²) in [5.74, 6) is 0.971. The number of ether oxygens (including phenoxy) is 1. The van der Waals surface area contributed by atoms with E-state index in [4.69, 9.17) is 4.74 Å². The summed E-state index contributed by atoms with van der Waals surface area (Å²) in [4.78, 5) is 6.31. The topological polar surface area (TPSA) is 41.5 Å². The molecule has 24 heavy (non-hydrogen) atoms. The van der Waals surface area contributed by atoms with E-state index in [2.05, 4.69) is 43.6 Å². The fourth-order valence-corrected chi connectivity index (χ4v) is 4.53. The molecule has 4 rings (SSSR count). The summed E-state index contributed by atoms with van der Waals surface area (Å²) >= 11 is 1.84. The Bertz CT molecular complexity index is 656. The molecular formula is C18H24N4OS. The van der Waals surface area contributed by atoms with Gasteiger partial charge in [0.1, 0.15) is 0 Å². The zero-order valence-corrected chi connectivity index (χ0v) is 15.0. The minimum Gasteiger partial charge on any atom is -0.370 e. The third-order valence-corrected chi connectivity index (χ3v) is 5.80. The van der Waals surface area contributed by atoms with Crippen LogP contribution in [-0.4, -0.2) is 53.5 Å². The Balaban J connectivity index is 1.46. The van der Waals surface area contributed by atoms with Crippen LogP contribution in [0.25, 0.3) is 0 Å². The molecule has 0 N–H and O–H groups in total. The maximum atomic E-state index is 6.30. The van der Waals surface area contributed by atoms with Gasteiger partial charge in [-0.25, -0.2) is 0 Å². The fourth-order valence-electron chi connectivity index (χ4n) is 3.78. The van der Waals surface area contributed by atoms with Gasteiger partial charge in [-0.2, -0.15) is 5.10 Å². The number of hydrogen-bond acceptors (Lipinski definition) is 6. The molecule has 128 valence electrons. The first-order chi connectivity index (χ1) is 11.7. The van der Waals surface area contributed by atoms with E-state index in [9.17, 15) is 0 Å². The predicted molar refractivity (Wildman–Crippen MR) is 96.5 cm³/mol. The first-order valence-corrected chi connectivity index (χ1v) is 9.54. The highest BCUT2D eigenvalue weighted by Gasteiger charge is 2.41. The number of aryl methyl sites for hydroxylation is 1. The molecule has 2 saturated heterocycles. The Hall–Kier alpha value is -1.50. The maximum Gasteiger partial charge on any atom is 0.151 e. The molecule has 6 heteroatoms. The summed E-state index contributed by atoms with van der Waals surface area (Å²) in [6.45, 7) is 7.79. The van der Waals surface area contributed by atoms with E-state index in [0.29, 0.717) is 0 Å². The molecule has 0 bridgehead atoms. The van der Waals surface area contributed by atoms with E-state index in [1.54, 1.807) is 0 Å². The maximum absolute atomic E-state index is 6.30. The molecule has 0 radical (unpaired) electrons. The van der Waals surface area contributed by atoms with Gasteiger partial charge in [0.05, 0.1) is 17.9 Å². The highest BCUT2D eigenvalue weighted by atomic mass is 32.1. The lowest BCUT2D eigenvalue weighted by Crippen LogP contribution is -2.59. The fraction of sp³-hybridized carbons (Fsp3) is 0.556. The molecule has 0 aromatic carbocycles. The van der Waals surface area contributed by atoms with Crippen LogP contribution in [0.5, 0.6) is 0 Å². The van der Waals surface area contributed by atoms with Gasteiger partial charge in [-0.3, -0.25) is 4.90 Å². The van der Waals surface area contributed by atoms with Crippen LogP contribution in [0.1, 0.15) is 23.4 Å². The van der Waals surface area contributed by atoms with Crippen LogP contribution >= 0.6 is 11.3 Å². The van der Waals surface area contributed by atoms with E-state index in [1.165, 1.54) is 4.88 Å². The van der Waals surface area contributed by atoms with Crippen molar-refractivity contribution < 1.29 is 4.74 Å². The summed E-state index contributed by atoms with van der Waals surface area (Å²) in [6, 6.07) is 8.47. The normalized spacial score (nSPS) is 25.3. The van der Waals surface area contributed by atoms with Gasteiger partial charge < -0.3 is 9.64 Å². The summed E-state index contributed by atoms with van der Waals surface area (Å²) in [6.07, 6.45) is 2.27. The van der Waals surface area contributed by atoms with Crippen molar-refractivity contribution in [1.82, 2.24) is 15.1 Å². The zero-order valence-electron chi connectivity index (χ0n) is 14.1. The average molecular weight is 344 g/mol. The van der Waals surface area contributed by atoms with Crippen molar-refractivity contribution in [3.05, 3.63) is 40.2 Å². The molecule has 5 nitrogen and oxygen atoms in total. The van der Waals surface area contributed by atoms with Gasteiger partial charge in [0, 0.05) is 37.6 Å². The summed E-state index contributed by atoms with van der Waals surface area (Å²) in [7, 11) is 0. The van der Waals surface area contributed by atoms with Crippen LogP contribution < -0.4 is 4.90 Å². The Labute approximate surface area is 147 Å². The molecule has 2 aromatic rings. The molecule has 2 aliphatic heterocycles. The summed E-state index contributed by atoms with van der Waals surface area (Å²) in [5, 5.41) is 10.7. The third kappa shape index (κ3) is 3.45. The number of piperidine rings is 1. The van der Waals surface area contributed by atoms with Crippen molar-refractivity contribution in [2.75, 3.05) is 37.7 Å². The van der Waals surface area contributed by atoms with Crippen molar-refractivity contribution in [3.8, 4) is 0 Å². The number of morpholine rings is 1. The highest BCUT2D eigenvalue weighted by Crippen LogP contribution is 2.31. The number of thiophene rings is 1. The van der Waals surface area contributed by atoms with Gasteiger partial charge in [-0.15, -0.1) is 16.4 Å². The SMILES string of the molecule is Cc1ccc(N2CCC[C@]3(CN(Cc4cccs4)CCO3)C2)nn1. The highest BCUT2D eigenvalue weighted by molar-refractivity contribution is 7.09. The first kappa shape index (κ1) is 16.0. The minimum atomic E-state index is -0.0691. The monoisotopic (exact) mass is 344 g/mol. The lowest BCUT2D eigenvalue weighted by atomic mass is 9.90. The number of hydrogen-bond donors (Lipinski definition) is 0. The van der Waals surface area contributed by atoms with Crippen molar-refractivity contribution in [2.24, 2.45) is 0 Å². The molecule has 1 atom stereocenters. The zero-order chi connectivity index (χ0) is 16.4. The molecule has 4 heterocycles. The Morgan fingerprint density at radius 1 is 1.21 bits per heavy atom. The van der Waals surface area contributed by atoms with Gasteiger partial charge in [0.2, 0.25) is 0 Å². The predicted octanol–water partition coefficient (Wildman–Crippen LogP) is 2.72. The van der Waals surface area contributed by atoms with Crippen molar-refractivity contribution in [1.29, 1.82) is 0 Å². The largest absolute Gasteiger partial charge is 0.370 e. The number of rotatable bonds is 3. The summed E-state index contributed by atoms with van der Waals surface area (Å²) < 4.78 is 6.30. The third-order valence-electron chi connectivity index (χ3n) is 4.93. The Morgan fingerprint density at radius 3 is 2.96 bits per heavy atom. The second kappa shape index (κ2) is 6.78. The Morgan fingerprint density at radius 2 is 2.17 bits per heavy atom. The van der Waals surface area contributed by atoms with Gasteiger partial charge in [0.15, 0.2) is 5.82 Å². The van der Waals surface area contributed by atoms with Gasteiger partial charge in [-0.1, -0.05) is 6.07 Å². The van der Waals surface area contributed by atoms with Crippen molar-refractivity contribution in [2.45, 2.75) is 31.9 Å². The molecular weight excluding hydrogens is 320 g/mol. The molecule has 1 spiro atoms.